The van der Waals surface area contributed by atoms with E-state index in [1.165, 1.54) is 12.1 Å². The lowest BCUT2D eigenvalue weighted by atomic mass is 9.64. The summed E-state index contributed by atoms with van der Waals surface area (Å²) in [4.78, 5) is 12.3. The highest BCUT2D eigenvalue weighted by atomic mass is 35.5. The van der Waals surface area contributed by atoms with Crippen LogP contribution in [0.2, 0.25) is 0 Å². The number of alkyl halides is 3. The second-order valence-corrected chi connectivity index (χ2v) is 6.99. The number of ether oxygens (including phenoxy) is 1. The standard InChI is InChI=1S/C18H23F3N2O2.ClH/c19-18(20,21)13-4-1-3-12(9-13)17(7-2-8-17)11-23-16(24)15-6-5-14(10-22)25-15;/h1,3-4,9,14-15H,2,5-8,10-11,22H2,(H,23,24);1H/t14-,15+;/m1./s1. The van der Waals surface area contributed by atoms with Crippen molar-refractivity contribution in [3.05, 3.63) is 35.4 Å². The van der Waals surface area contributed by atoms with Crippen LogP contribution in [-0.2, 0) is 21.1 Å². The molecule has 1 amide bonds. The summed E-state index contributed by atoms with van der Waals surface area (Å²) in [7, 11) is 0. The van der Waals surface area contributed by atoms with E-state index in [1.54, 1.807) is 6.07 Å². The van der Waals surface area contributed by atoms with Crippen molar-refractivity contribution in [2.45, 2.75) is 55.9 Å². The van der Waals surface area contributed by atoms with E-state index in [0.29, 0.717) is 25.1 Å². The van der Waals surface area contributed by atoms with Crippen LogP contribution >= 0.6 is 12.4 Å². The molecular formula is C18H24ClF3N2O2. The molecule has 2 aliphatic rings. The monoisotopic (exact) mass is 392 g/mol. The highest BCUT2D eigenvalue weighted by Gasteiger charge is 2.41. The number of nitrogens with one attached hydrogen (secondary N) is 1. The van der Waals surface area contributed by atoms with Crippen LogP contribution in [-0.4, -0.2) is 31.2 Å². The Labute approximate surface area is 157 Å². The lowest BCUT2D eigenvalue weighted by molar-refractivity contribution is -0.137. The zero-order chi connectivity index (χ0) is 18.1. The van der Waals surface area contributed by atoms with Gasteiger partial charge >= 0.3 is 6.18 Å². The van der Waals surface area contributed by atoms with Gasteiger partial charge in [0.2, 0.25) is 5.91 Å². The Morgan fingerprint density at radius 2 is 2.04 bits per heavy atom. The Balaban J connectivity index is 0.00000243. The van der Waals surface area contributed by atoms with Gasteiger partial charge in [-0.15, -0.1) is 12.4 Å². The maximum atomic E-state index is 13.0. The van der Waals surface area contributed by atoms with Crippen LogP contribution in [0.15, 0.2) is 24.3 Å². The molecule has 0 radical (unpaired) electrons. The van der Waals surface area contributed by atoms with E-state index in [4.69, 9.17) is 10.5 Å². The van der Waals surface area contributed by atoms with E-state index in [-0.39, 0.29) is 24.4 Å². The molecule has 0 aromatic heterocycles. The molecule has 1 heterocycles. The van der Waals surface area contributed by atoms with Gasteiger partial charge in [-0.2, -0.15) is 13.2 Å². The summed E-state index contributed by atoms with van der Waals surface area (Å²) in [5.74, 6) is -0.200. The molecule has 4 nitrogen and oxygen atoms in total. The molecule has 2 fully saturated rings. The number of hydrogen-bond donors (Lipinski definition) is 2. The normalized spacial score (nSPS) is 24.5. The Kier molecular flexibility index (Phi) is 6.58. The molecule has 1 aliphatic carbocycles. The number of hydrogen-bond acceptors (Lipinski definition) is 3. The predicted molar refractivity (Wildman–Crippen MR) is 94.2 cm³/mol. The maximum Gasteiger partial charge on any atom is 0.416 e. The second-order valence-electron chi connectivity index (χ2n) is 6.99. The third-order valence-electron chi connectivity index (χ3n) is 5.38. The van der Waals surface area contributed by atoms with Crippen molar-refractivity contribution in [3.8, 4) is 0 Å². The summed E-state index contributed by atoms with van der Waals surface area (Å²) in [5, 5.41) is 2.88. The van der Waals surface area contributed by atoms with E-state index >= 15 is 0 Å². The van der Waals surface area contributed by atoms with Gasteiger partial charge in [-0.3, -0.25) is 4.79 Å². The van der Waals surface area contributed by atoms with Gasteiger partial charge in [0.15, 0.2) is 0 Å². The van der Waals surface area contributed by atoms with Crippen LogP contribution in [0.25, 0.3) is 0 Å². The molecule has 3 N–H and O–H groups in total. The van der Waals surface area contributed by atoms with Crippen molar-refractivity contribution in [1.29, 1.82) is 0 Å². The van der Waals surface area contributed by atoms with Crippen LogP contribution in [0.4, 0.5) is 13.2 Å². The van der Waals surface area contributed by atoms with Crippen LogP contribution in [0, 0.1) is 0 Å². The predicted octanol–water partition coefficient (Wildman–Crippen LogP) is 3.17. The molecule has 1 saturated carbocycles. The Morgan fingerprint density at radius 1 is 1.31 bits per heavy atom. The van der Waals surface area contributed by atoms with Gasteiger partial charge in [0.25, 0.3) is 0 Å². The summed E-state index contributed by atoms with van der Waals surface area (Å²) in [6.07, 6.45) is -1.08. The second kappa shape index (κ2) is 8.15. The van der Waals surface area contributed by atoms with Crippen molar-refractivity contribution in [2.24, 2.45) is 5.73 Å². The van der Waals surface area contributed by atoms with Gasteiger partial charge < -0.3 is 15.8 Å². The van der Waals surface area contributed by atoms with Crippen LogP contribution in [0.5, 0.6) is 0 Å². The third kappa shape index (κ3) is 4.32. The first-order valence-electron chi connectivity index (χ1n) is 8.65. The largest absolute Gasteiger partial charge is 0.416 e. The molecule has 0 spiro atoms. The maximum absolute atomic E-state index is 13.0. The van der Waals surface area contributed by atoms with Crippen molar-refractivity contribution in [3.63, 3.8) is 0 Å². The van der Waals surface area contributed by atoms with Gasteiger partial charge in [-0.05, 0) is 37.3 Å². The molecule has 1 aromatic carbocycles. The lowest BCUT2D eigenvalue weighted by Gasteiger charge is -2.43. The molecule has 2 atom stereocenters. The van der Waals surface area contributed by atoms with Crippen molar-refractivity contribution < 1.29 is 22.7 Å². The fourth-order valence-electron chi connectivity index (χ4n) is 3.64. The first kappa shape index (κ1) is 21.0. The molecule has 26 heavy (non-hydrogen) atoms. The van der Waals surface area contributed by atoms with Crippen LogP contribution in [0.3, 0.4) is 0 Å². The molecule has 3 rings (SSSR count). The molecule has 1 aromatic rings. The molecule has 1 saturated heterocycles. The highest BCUT2D eigenvalue weighted by molar-refractivity contribution is 5.85. The zero-order valence-electron chi connectivity index (χ0n) is 14.3. The number of amides is 1. The molecule has 146 valence electrons. The minimum absolute atomic E-state index is 0. The Hall–Kier alpha value is -1.31. The zero-order valence-corrected chi connectivity index (χ0v) is 15.2. The smallest absolute Gasteiger partial charge is 0.364 e. The fraction of sp³-hybridized carbons (Fsp3) is 0.611. The van der Waals surface area contributed by atoms with Crippen molar-refractivity contribution in [2.75, 3.05) is 13.1 Å². The number of carbonyl (C=O) groups excluding carboxylic acids is 1. The number of benzene rings is 1. The minimum Gasteiger partial charge on any atom is -0.364 e. The summed E-state index contributed by atoms with van der Waals surface area (Å²) < 4.78 is 44.5. The van der Waals surface area contributed by atoms with E-state index < -0.39 is 23.3 Å². The minimum atomic E-state index is -4.36. The fourth-order valence-corrected chi connectivity index (χ4v) is 3.64. The number of carbonyl (C=O) groups is 1. The Bertz CT molecular complexity index is 635. The van der Waals surface area contributed by atoms with Crippen LogP contribution in [0.1, 0.15) is 43.2 Å². The van der Waals surface area contributed by atoms with E-state index in [2.05, 4.69) is 5.32 Å². The van der Waals surface area contributed by atoms with E-state index in [9.17, 15) is 18.0 Å². The van der Waals surface area contributed by atoms with Gasteiger partial charge in [-0.1, -0.05) is 24.6 Å². The third-order valence-corrected chi connectivity index (χ3v) is 5.38. The summed E-state index contributed by atoms with van der Waals surface area (Å²) >= 11 is 0. The number of nitrogens with two attached hydrogens (primary N) is 1. The molecule has 0 bridgehead atoms. The molecule has 1 aliphatic heterocycles. The van der Waals surface area contributed by atoms with E-state index in [1.807, 2.05) is 0 Å². The lowest BCUT2D eigenvalue weighted by Crippen LogP contribution is -2.48. The SMILES string of the molecule is Cl.NC[C@H]1CC[C@@H](C(=O)NCC2(c3cccc(C(F)(F)F)c3)CCC2)O1. The number of halogens is 4. The molecular weight excluding hydrogens is 369 g/mol. The average molecular weight is 393 g/mol. The van der Waals surface area contributed by atoms with Crippen LogP contribution < -0.4 is 11.1 Å². The first-order chi connectivity index (χ1) is 11.8. The highest BCUT2D eigenvalue weighted by Crippen LogP contribution is 2.44. The Morgan fingerprint density at radius 3 is 2.58 bits per heavy atom. The summed E-state index contributed by atoms with van der Waals surface area (Å²) in [6, 6.07) is 5.44. The average Bonchev–Trinajstić information content (AvgIpc) is 3.02. The molecule has 0 unspecified atom stereocenters. The van der Waals surface area contributed by atoms with Gasteiger partial charge in [0, 0.05) is 18.5 Å². The first-order valence-corrected chi connectivity index (χ1v) is 8.65. The van der Waals surface area contributed by atoms with Gasteiger partial charge in [0.05, 0.1) is 11.7 Å². The summed E-state index contributed by atoms with van der Waals surface area (Å²) in [6.45, 7) is 0.720. The van der Waals surface area contributed by atoms with Gasteiger partial charge in [-0.25, -0.2) is 0 Å². The van der Waals surface area contributed by atoms with Crippen molar-refractivity contribution in [1.82, 2.24) is 5.32 Å². The van der Waals surface area contributed by atoms with Gasteiger partial charge in [0.1, 0.15) is 6.10 Å². The van der Waals surface area contributed by atoms with Crippen molar-refractivity contribution >= 4 is 18.3 Å². The molecule has 8 heteroatoms. The quantitative estimate of drug-likeness (QED) is 0.809. The summed E-state index contributed by atoms with van der Waals surface area (Å²) in [5.41, 5.74) is 5.13. The number of rotatable bonds is 5. The van der Waals surface area contributed by atoms with E-state index in [0.717, 1.165) is 31.7 Å². The topological polar surface area (TPSA) is 64.4 Å².